The van der Waals surface area contributed by atoms with Crippen LogP contribution in [-0.4, -0.2) is 0 Å². The van der Waals surface area contributed by atoms with E-state index in [9.17, 15) is 0 Å². The zero-order valence-corrected chi connectivity index (χ0v) is 35.3. The van der Waals surface area contributed by atoms with E-state index in [1.807, 2.05) is 12.1 Å². The molecule has 0 bridgehead atoms. The lowest BCUT2D eigenvalue weighted by Gasteiger charge is -2.28. The lowest BCUT2D eigenvalue weighted by molar-refractivity contribution is 0.670. The second-order valence-electron chi connectivity index (χ2n) is 16.8. The van der Waals surface area contributed by atoms with Gasteiger partial charge in [0, 0.05) is 49.4 Å². The monoisotopic (exact) mass is 829 g/mol. The summed E-state index contributed by atoms with van der Waals surface area (Å²) in [5, 5.41) is 9.26. The summed E-state index contributed by atoms with van der Waals surface area (Å²) in [7, 11) is 0. The van der Waals surface area contributed by atoms with Crippen LogP contribution in [0, 0.1) is 0 Å². The summed E-state index contributed by atoms with van der Waals surface area (Å²) in [6.07, 6.45) is 0. The summed E-state index contributed by atoms with van der Waals surface area (Å²) in [4.78, 5) is 2.38. The zero-order chi connectivity index (χ0) is 42.8. The van der Waals surface area contributed by atoms with Crippen LogP contribution in [0.2, 0.25) is 0 Å². The Balaban J connectivity index is 0.934. The van der Waals surface area contributed by atoms with Crippen molar-refractivity contribution in [3.63, 3.8) is 0 Å². The Morgan fingerprint density at radius 3 is 1.65 bits per heavy atom. The number of rotatable bonds is 7. The lowest BCUT2D eigenvalue weighted by Crippen LogP contribution is -2.11. The minimum atomic E-state index is 0.879. The number of benzene rings is 11. The van der Waals surface area contributed by atoms with Gasteiger partial charge in [0.05, 0.1) is 5.69 Å². The Hall–Kier alpha value is -8.66. The number of hydrogen-bond donors (Lipinski definition) is 0. The Bertz CT molecular complexity index is 3940. The van der Waals surface area contributed by atoms with E-state index in [2.05, 4.69) is 229 Å². The molecule has 3 heteroatoms. The molecule has 13 aromatic rings. The molecule has 0 N–H and O–H groups in total. The molecular weight excluding hydrogens is 791 g/mol. The van der Waals surface area contributed by atoms with E-state index < -0.39 is 0 Å². The fourth-order valence-electron chi connectivity index (χ4n) is 9.92. The Labute approximate surface area is 375 Å². The van der Waals surface area contributed by atoms with Crippen molar-refractivity contribution in [1.82, 2.24) is 0 Å². The summed E-state index contributed by atoms with van der Waals surface area (Å²) in [5.74, 6) is 0. The first-order valence-electron chi connectivity index (χ1n) is 22.1. The fraction of sp³-hybridized carbons (Fsp3) is 0. The third kappa shape index (κ3) is 6.20. The standard InChI is InChI=1S/C62H39NO2/c1-3-17-49-41(12-1)14-10-21-50(49)45-16-9-15-44(38-45)40-26-32-47(33-27-40)63(48-34-28-43(29-35-48)53-22-11-23-55-54-20-6-8-25-59(54)64-61(53)55)58-24-7-5-18-51(58)46-31-37-60-57(39-46)56-36-30-42-13-2-4-19-52(42)62(56)65-60/h1-39H. The van der Waals surface area contributed by atoms with Crippen LogP contribution in [0.1, 0.15) is 0 Å². The first kappa shape index (κ1) is 36.9. The second-order valence-corrected chi connectivity index (χ2v) is 16.8. The van der Waals surface area contributed by atoms with Gasteiger partial charge in [-0.15, -0.1) is 0 Å². The van der Waals surface area contributed by atoms with Crippen LogP contribution in [-0.2, 0) is 0 Å². The van der Waals surface area contributed by atoms with Gasteiger partial charge >= 0.3 is 0 Å². The molecule has 0 aliphatic carbocycles. The highest BCUT2D eigenvalue weighted by atomic mass is 16.3. The number of hydrogen-bond acceptors (Lipinski definition) is 3. The van der Waals surface area contributed by atoms with E-state index in [4.69, 9.17) is 8.83 Å². The molecule has 0 fully saturated rings. The molecule has 65 heavy (non-hydrogen) atoms. The fourth-order valence-corrected chi connectivity index (χ4v) is 9.92. The van der Waals surface area contributed by atoms with Crippen LogP contribution in [0.15, 0.2) is 245 Å². The maximum atomic E-state index is 6.55. The molecule has 13 rings (SSSR count). The highest BCUT2D eigenvalue weighted by Gasteiger charge is 2.20. The number of para-hydroxylation sites is 3. The summed E-state index contributed by atoms with van der Waals surface area (Å²) in [6.45, 7) is 0. The van der Waals surface area contributed by atoms with Crippen molar-refractivity contribution in [1.29, 1.82) is 0 Å². The van der Waals surface area contributed by atoms with Crippen LogP contribution in [0.3, 0.4) is 0 Å². The van der Waals surface area contributed by atoms with Gasteiger partial charge < -0.3 is 13.7 Å². The molecule has 11 aromatic carbocycles. The maximum absolute atomic E-state index is 6.55. The van der Waals surface area contributed by atoms with E-state index in [1.165, 1.54) is 32.8 Å². The number of anilines is 3. The van der Waals surface area contributed by atoms with Gasteiger partial charge in [-0.05, 0) is 110 Å². The third-order valence-electron chi connectivity index (χ3n) is 13.1. The predicted octanol–water partition coefficient (Wildman–Crippen LogP) is 17.9. The van der Waals surface area contributed by atoms with E-state index in [0.717, 1.165) is 94.1 Å². The first-order chi connectivity index (χ1) is 32.2. The van der Waals surface area contributed by atoms with Crippen molar-refractivity contribution in [2.75, 3.05) is 4.90 Å². The van der Waals surface area contributed by atoms with Gasteiger partial charge in [-0.2, -0.15) is 0 Å². The molecule has 0 amide bonds. The van der Waals surface area contributed by atoms with Gasteiger partial charge in [0.1, 0.15) is 22.3 Å². The molecule has 0 saturated carbocycles. The van der Waals surface area contributed by atoms with Gasteiger partial charge in [-0.3, -0.25) is 0 Å². The minimum Gasteiger partial charge on any atom is -0.455 e. The van der Waals surface area contributed by atoms with Crippen molar-refractivity contribution >= 4 is 82.5 Å². The molecule has 3 nitrogen and oxygen atoms in total. The largest absolute Gasteiger partial charge is 0.455 e. The molecule has 0 atom stereocenters. The van der Waals surface area contributed by atoms with Gasteiger partial charge in [-0.1, -0.05) is 176 Å². The summed E-state index contributed by atoms with van der Waals surface area (Å²) >= 11 is 0. The molecule has 304 valence electrons. The topological polar surface area (TPSA) is 29.5 Å². The normalized spacial score (nSPS) is 11.7. The van der Waals surface area contributed by atoms with Crippen molar-refractivity contribution in [3.05, 3.63) is 237 Å². The number of nitrogens with zero attached hydrogens (tertiary/aromatic N) is 1. The Morgan fingerprint density at radius 1 is 0.262 bits per heavy atom. The summed E-state index contributed by atoms with van der Waals surface area (Å²) in [6, 6.07) is 84.7. The molecule has 0 saturated heterocycles. The van der Waals surface area contributed by atoms with E-state index in [0.29, 0.717) is 0 Å². The van der Waals surface area contributed by atoms with Gasteiger partial charge in [0.25, 0.3) is 0 Å². The summed E-state index contributed by atoms with van der Waals surface area (Å²) in [5.41, 5.74) is 15.9. The molecule has 0 aliphatic heterocycles. The van der Waals surface area contributed by atoms with Crippen molar-refractivity contribution in [2.45, 2.75) is 0 Å². The molecule has 0 unspecified atom stereocenters. The van der Waals surface area contributed by atoms with Gasteiger partial charge in [-0.25, -0.2) is 0 Å². The maximum Gasteiger partial charge on any atom is 0.143 e. The Kier molecular flexibility index (Phi) is 8.53. The van der Waals surface area contributed by atoms with Crippen molar-refractivity contribution in [3.8, 4) is 44.5 Å². The van der Waals surface area contributed by atoms with Crippen molar-refractivity contribution < 1.29 is 8.83 Å². The lowest BCUT2D eigenvalue weighted by atomic mass is 9.95. The van der Waals surface area contributed by atoms with Gasteiger partial charge in [0.15, 0.2) is 0 Å². The second kappa shape index (κ2) is 15.0. The van der Waals surface area contributed by atoms with E-state index in [-0.39, 0.29) is 0 Å². The van der Waals surface area contributed by atoms with Gasteiger partial charge in [0.2, 0.25) is 0 Å². The van der Waals surface area contributed by atoms with Crippen LogP contribution < -0.4 is 4.90 Å². The zero-order valence-electron chi connectivity index (χ0n) is 35.3. The third-order valence-corrected chi connectivity index (χ3v) is 13.1. The minimum absolute atomic E-state index is 0.879. The molecule has 0 radical (unpaired) electrons. The van der Waals surface area contributed by atoms with E-state index >= 15 is 0 Å². The van der Waals surface area contributed by atoms with Crippen LogP contribution in [0.25, 0.3) is 110 Å². The van der Waals surface area contributed by atoms with E-state index in [1.54, 1.807) is 0 Å². The molecule has 2 heterocycles. The smallest absolute Gasteiger partial charge is 0.143 e. The molecule has 0 spiro atoms. The molecular formula is C62H39NO2. The quantitative estimate of drug-likeness (QED) is 0.160. The molecule has 0 aliphatic rings. The predicted molar refractivity (Wildman–Crippen MR) is 272 cm³/mol. The highest BCUT2D eigenvalue weighted by molar-refractivity contribution is 6.16. The van der Waals surface area contributed by atoms with Crippen LogP contribution >= 0.6 is 0 Å². The SMILES string of the molecule is c1cc(-c2ccc(N(c3ccc(-c4cccc5c4oc4ccccc45)cc3)c3ccccc3-c3ccc4oc5c6ccccc6ccc5c4c3)cc2)cc(-c2cccc3ccccc23)c1. The van der Waals surface area contributed by atoms with Crippen LogP contribution in [0.5, 0.6) is 0 Å². The van der Waals surface area contributed by atoms with Crippen LogP contribution in [0.4, 0.5) is 17.1 Å². The summed E-state index contributed by atoms with van der Waals surface area (Å²) < 4.78 is 13.0. The molecule has 2 aromatic heterocycles. The number of furan rings is 2. The highest BCUT2D eigenvalue weighted by Crippen LogP contribution is 2.45. The average Bonchev–Trinajstić information content (AvgIpc) is 3.96. The van der Waals surface area contributed by atoms with Crippen molar-refractivity contribution in [2.24, 2.45) is 0 Å². The Morgan fingerprint density at radius 2 is 0.800 bits per heavy atom. The first-order valence-corrected chi connectivity index (χ1v) is 22.1. The average molecular weight is 830 g/mol. The number of fused-ring (bicyclic) bond motifs is 9.